The Balaban J connectivity index is 2.68. The van der Waals surface area contributed by atoms with Crippen LogP contribution < -0.4 is 5.32 Å². The molecule has 1 heterocycles. The predicted octanol–water partition coefficient (Wildman–Crippen LogP) is 1.49. The monoisotopic (exact) mass is 367 g/mol. The molecule has 0 spiro atoms. The molecule has 2 unspecified atom stereocenters. The number of rotatable bonds is 7. The highest BCUT2D eigenvalue weighted by molar-refractivity contribution is 5.88. The highest BCUT2D eigenvalue weighted by Crippen LogP contribution is 2.21. The number of carbonyl (C=O) groups excluding carboxylic acids is 2. The normalized spacial score (nSPS) is 22.8. The molecule has 3 atom stereocenters. The van der Waals surface area contributed by atoms with Crippen LogP contribution in [0, 0.1) is 5.92 Å². The number of carbonyl (C=O) groups is 3. The third kappa shape index (κ3) is 5.83. The van der Waals surface area contributed by atoms with Crippen molar-refractivity contribution < 1.29 is 19.5 Å². The molecule has 148 valence electrons. The second-order valence-corrected chi connectivity index (χ2v) is 7.57. The van der Waals surface area contributed by atoms with Crippen molar-refractivity contribution in [1.29, 1.82) is 0 Å². The van der Waals surface area contributed by atoms with E-state index in [4.69, 9.17) is 5.11 Å². The highest BCUT2D eigenvalue weighted by atomic mass is 16.4. The highest BCUT2D eigenvalue weighted by Gasteiger charge is 2.30. The quantitative estimate of drug-likeness (QED) is 0.666. The third-order valence-corrected chi connectivity index (χ3v) is 5.28. The molecular formula is C19H33N3O4. The minimum atomic E-state index is -1.00. The van der Waals surface area contributed by atoms with Crippen molar-refractivity contribution in [3.63, 3.8) is 0 Å². The number of carboxylic acid groups (broad SMARTS) is 1. The van der Waals surface area contributed by atoms with Crippen molar-refractivity contribution in [3.8, 4) is 0 Å². The SMILES string of the molecule is C/C(=C\[C@H](C(C)C)N(C)C(=O)CNC(=O)C1CCCC(C)N1C)C(=O)O. The molecule has 7 heteroatoms. The average molecular weight is 367 g/mol. The Labute approximate surface area is 156 Å². The lowest BCUT2D eigenvalue weighted by atomic mass is 9.97. The van der Waals surface area contributed by atoms with Gasteiger partial charge in [0.2, 0.25) is 11.8 Å². The van der Waals surface area contributed by atoms with Gasteiger partial charge in [-0.25, -0.2) is 4.79 Å². The Hall–Kier alpha value is -1.89. The van der Waals surface area contributed by atoms with Gasteiger partial charge in [0.25, 0.3) is 0 Å². The first-order valence-corrected chi connectivity index (χ1v) is 9.23. The molecule has 26 heavy (non-hydrogen) atoms. The molecule has 2 N–H and O–H groups in total. The average Bonchev–Trinajstić information content (AvgIpc) is 2.58. The Morgan fingerprint density at radius 2 is 1.92 bits per heavy atom. The van der Waals surface area contributed by atoms with Gasteiger partial charge in [0.15, 0.2) is 0 Å². The van der Waals surface area contributed by atoms with E-state index < -0.39 is 5.97 Å². The standard InChI is InChI=1S/C19H33N3O4/c1-12(2)16(10-13(3)19(25)26)22(6)17(23)11-20-18(24)15-9-7-8-14(4)21(15)5/h10,12,14-16H,7-9,11H2,1-6H3,(H,20,24)(H,25,26)/b13-10+/t14?,15?,16-/m1/s1. The summed E-state index contributed by atoms with van der Waals surface area (Å²) in [4.78, 5) is 39.6. The lowest BCUT2D eigenvalue weighted by Crippen LogP contribution is -2.53. The van der Waals surface area contributed by atoms with Crippen molar-refractivity contribution in [2.24, 2.45) is 5.92 Å². The topological polar surface area (TPSA) is 90.0 Å². The van der Waals surface area contributed by atoms with E-state index in [9.17, 15) is 14.4 Å². The van der Waals surface area contributed by atoms with Crippen LogP contribution >= 0.6 is 0 Å². The lowest BCUT2D eigenvalue weighted by Gasteiger charge is -2.37. The molecule has 0 aromatic heterocycles. The first kappa shape index (κ1) is 22.2. The van der Waals surface area contributed by atoms with Crippen molar-refractivity contribution in [2.45, 2.75) is 65.1 Å². The number of hydrogen-bond acceptors (Lipinski definition) is 4. The molecule has 1 saturated heterocycles. The van der Waals surface area contributed by atoms with Gasteiger partial charge in [-0.15, -0.1) is 0 Å². The zero-order chi connectivity index (χ0) is 20.0. The molecular weight excluding hydrogens is 334 g/mol. The number of aliphatic carboxylic acids is 1. The minimum absolute atomic E-state index is 0.0549. The summed E-state index contributed by atoms with van der Waals surface area (Å²) < 4.78 is 0. The van der Waals surface area contributed by atoms with Gasteiger partial charge < -0.3 is 15.3 Å². The number of likely N-dealkylation sites (tertiary alicyclic amines) is 1. The summed E-state index contributed by atoms with van der Waals surface area (Å²) in [5, 5.41) is 11.8. The Kier molecular flexibility index (Phi) is 8.27. The van der Waals surface area contributed by atoms with Crippen LogP contribution in [-0.4, -0.2) is 71.5 Å². The first-order chi connectivity index (χ1) is 12.1. The van der Waals surface area contributed by atoms with Crippen molar-refractivity contribution in [1.82, 2.24) is 15.1 Å². The second-order valence-electron chi connectivity index (χ2n) is 7.57. The zero-order valence-electron chi connectivity index (χ0n) is 16.8. The molecule has 0 aliphatic carbocycles. The predicted molar refractivity (Wildman–Crippen MR) is 101 cm³/mol. The van der Waals surface area contributed by atoms with Gasteiger partial charge in [-0.2, -0.15) is 0 Å². The second kappa shape index (κ2) is 9.71. The Bertz CT molecular complexity index is 559. The number of piperidine rings is 1. The first-order valence-electron chi connectivity index (χ1n) is 9.23. The molecule has 1 fully saturated rings. The van der Waals surface area contributed by atoms with Gasteiger partial charge in [-0.05, 0) is 46.1 Å². The van der Waals surface area contributed by atoms with Crippen LogP contribution in [-0.2, 0) is 14.4 Å². The fourth-order valence-corrected chi connectivity index (χ4v) is 3.29. The van der Waals surface area contributed by atoms with E-state index in [1.165, 1.54) is 11.8 Å². The molecule has 0 saturated carbocycles. The lowest BCUT2D eigenvalue weighted by molar-refractivity contribution is -0.135. The van der Waals surface area contributed by atoms with Gasteiger partial charge >= 0.3 is 5.97 Å². The van der Waals surface area contributed by atoms with E-state index in [-0.39, 0.29) is 41.9 Å². The molecule has 1 aliphatic heterocycles. The molecule has 1 rings (SSSR count). The van der Waals surface area contributed by atoms with Crippen molar-refractivity contribution in [3.05, 3.63) is 11.6 Å². The smallest absolute Gasteiger partial charge is 0.331 e. The van der Waals surface area contributed by atoms with Crippen molar-refractivity contribution >= 4 is 17.8 Å². The largest absolute Gasteiger partial charge is 0.478 e. The maximum Gasteiger partial charge on any atom is 0.331 e. The van der Waals surface area contributed by atoms with E-state index in [0.29, 0.717) is 6.04 Å². The molecule has 0 radical (unpaired) electrons. The van der Waals surface area contributed by atoms with E-state index >= 15 is 0 Å². The minimum Gasteiger partial charge on any atom is -0.478 e. The Morgan fingerprint density at radius 3 is 2.46 bits per heavy atom. The van der Waals surface area contributed by atoms with Gasteiger partial charge in [-0.1, -0.05) is 19.9 Å². The van der Waals surface area contributed by atoms with E-state index in [0.717, 1.165) is 19.3 Å². The summed E-state index contributed by atoms with van der Waals surface area (Å²) in [7, 11) is 3.58. The number of likely N-dealkylation sites (N-methyl/N-ethyl adjacent to an activating group) is 2. The van der Waals surface area contributed by atoms with Crippen LogP contribution in [0.25, 0.3) is 0 Å². The molecule has 7 nitrogen and oxygen atoms in total. The summed E-state index contributed by atoms with van der Waals surface area (Å²) in [5.41, 5.74) is 0.199. The summed E-state index contributed by atoms with van der Waals surface area (Å²) in [6.07, 6.45) is 4.47. The fraction of sp³-hybridized carbons (Fsp3) is 0.737. The number of amides is 2. The number of carboxylic acids is 1. The number of nitrogens with one attached hydrogen (secondary N) is 1. The zero-order valence-corrected chi connectivity index (χ0v) is 16.8. The van der Waals surface area contributed by atoms with Gasteiger partial charge in [0, 0.05) is 18.7 Å². The Morgan fingerprint density at radius 1 is 1.31 bits per heavy atom. The van der Waals surface area contributed by atoms with E-state index in [1.54, 1.807) is 13.1 Å². The van der Waals surface area contributed by atoms with Gasteiger partial charge in [0.1, 0.15) is 0 Å². The summed E-state index contributed by atoms with van der Waals surface area (Å²) >= 11 is 0. The molecule has 0 bridgehead atoms. The van der Waals surface area contributed by atoms with Gasteiger partial charge in [0.05, 0.1) is 18.6 Å². The summed E-state index contributed by atoms with van der Waals surface area (Å²) in [5.74, 6) is -1.31. The van der Waals surface area contributed by atoms with Crippen LogP contribution in [0.1, 0.15) is 47.0 Å². The van der Waals surface area contributed by atoms with Crippen LogP contribution in [0.5, 0.6) is 0 Å². The molecule has 0 aromatic rings. The van der Waals surface area contributed by atoms with Crippen molar-refractivity contribution in [2.75, 3.05) is 20.6 Å². The van der Waals surface area contributed by atoms with E-state index in [1.807, 2.05) is 20.9 Å². The summed E-state index contributed by atoms with van der Waals surface area (Å²) in [6, 6.07) is -0.188. The maximum atomic E-state index is 12.5. The number of hydrogen-bond donors (Lipinski definition) is 2. The molecule has 2 amide bonds. The van der Waals surface area contributed by atoms with Crippen LogP contribution in [0.4, 0.5) is 0 Å². The summed E-state index contributed by atoms with van der Waals surface area (Å²) in [6.45, 7) is 7.38. The van der Waals surface area contributed by atoms with Crippen LogP contribution in [0.3, 0.4) is 0 Å². The van der Waals surface area contributed by atoms with E-state index in [2.05, 4.69) is 17.1 Å². The van der Waals surface area contributed by atoms with Crippen LogP contribution in [0.15, 0.2) is 11.6 Å². The number of nitrogens with zero attached hydrogens (tertiary/aromatic N) is 2. The van der Waals surface area contributed by atoms with Gasteiger partial charge in [-0.3, -0.25) is 14.5 Å². The molecule has 1 aliphatic rings. The third-order valence-electron chi connectivity index (χ3n) is 5.28. The maximum absolute atomic E-state index is 12.5. The molecule has 0 aromatic carbocycles. The van der Waals surface area contributed by atoms with Crippen LogP contribution in [0.2, 0.25) is 0 Å². The fourth-order valence-electron chi connectivity index (χ4n) is 3.29.